The minimum absolute atomic E-state index is 0.274. The van der Waals surface area contributed by atoms with Gasteiger partial charge in [0.05, 0.1) is 23.9 Å². The van der Waals surface area contributed by atoms with Crippen LogP contribution in [0.25, 0.3) is 11.3 Å². The maximum Gasteiger partial charge on any atom is 0.222 e. The molecule has 0 radical (unpaired) electrons. The van der Waals surface area contributed by atoms with E-state index in [-0.39, 0.29) is 18.0 Å². The zero-order chi connectivity index (χ0) is 25.0. The standard InChI is InChI=1S/C28H36FN3O3/c1-28(2,3)34-19-23(33)17-32(16-20-13-14-20)18-25-26(21-9-6-5-7-10-21)30-31(4)27(25)35-24-12-8-11-22(29)15-24/h5-12,15,20,23,33H,13-14,16-19H2,1-4H3/t23-/m1/s1. The van der Waals surface area contributed by atoms with Crippen molar-refractivity contribution in [1.29, 1.82) is 0 Å². The second-order valence-corrected chi connectivity index (χ2v) is 10.4. The minimum Gasteiger partial charge on any atom is -0.439 e. The van der Waals surface area contributed by atoms with E-state index < -0.39 is 6.10 Å². The van der Waals surface area contributed by atoms with Crippen LogP contribution < -0.4 is 4.74 Å². The Balaban J connectivity index is 1.63. The van der Waals surface area contributed by atoms with Gasteiger partial charge in [0.2, 0.25) is 5.88 Å². The van der Waals surface area contributed by atoms with Crippen LogP contribution in [-0.4, -0.2) is 51.2 Å². The second kappa shape index (κ2) is 10.9. The molecule has 1 aliphatic rings. The quantitative estimate of drug-likeness (QED) is 0.397. The number of benzene rings is 2. The van der Waals surface area contributed by atoms with Gasteiger partial charge in [0.25, 0.3) is 0 Å². The van der Waals surface area contributed by atoms with Crippen molar-refractivity contribution in [3.63, 3.8) is 0 Å². The van der Waals surface area contributed by atoms with E-state index in [1.54, 1.807) is 16.8 Å². The molecule has 6 nitrogen and oxygen atoms in total. The Hall–Kier alpha value is -2.74. The summed E-state index contributed by atoms with van der Waals surface area (Å²) < 4.78 is 27.6. The van der Waals surface area contributed by atoms with Crippen LogP contribution in [0.3, 0.4) is 0 Å². The summed E-state index contributed by atoms with van der Waals surface area (Å²) in [7, 11) is 1.84. The van der Waals surface area contributed by atoms with Crippen LogP contribution in [0.2, 0.25) is 0 Å². The number of nitrogens with zero attached hydrogens (tertiary/aromatic N) is 3. The van der Waals surface area contributed by atoms with Gasteiger partial charge in [0.1, 0.15) is 17.3 Å². The number of ether oxygens (including phenoxy) is 2. The van der Waals surface area contributed by atoms with Gasteiger partial charge in [-0.25, -0.2) is 9.07 Å². The molecule has 1 aromatic heterocycles. The number of aryl methyl sites for hydroxylation is 1. The molecule has 1 aliphatic carbocycles. The van der Waals surface area contributed by atoms with Gasteiger partial charge in [0.15, 0.2) is 0 Å². The molecule has 0 spiro atoms. The van der Waals surface area contributed by atoms with Gasteiger partial charge < -0.3 is 14.6 Å². The third-order valence-corrected chi connectivity index (χ3v) is 5.92. The van der Waals surface area contributed by atoms with Crippen LogP contribution in [0, 0.1) is 11.7 Å². The first-order chi connectivity index (χ1) is 16.7. The van der Waals surface area contributed by atoms with E-state index in [1.807, 2.05) is 58.2 Å². The predicted molar refractivity (Wildman–Crippen MR) is 135 cm³/mol. The van der Waals surface area contributed by atoms with Gasteiger partial charge in [-0.05, 0) is 51.7 Å². The van der Waals surface area contributed by atoms with Crippen molar-refractivity contribution in [3.8, 4) is 22.9 Å². The Morgan fingerprint density at radius 3 is 2.54 bits per heavy atom. The molecule has 35 heavy (non-hydrogen) atoms. The summed E-state index contributed by atoms with van der Waals surface area (Å²) in [5.41, 5.74) is 2.40. The third-order valence-electron chi connectivity index (χ3n) is 5.92. The molecule has 0 saturated heterocycles. The summed E-state index contributed by atoms with van der Waals surface area (Å²) in [5, 5.41) is 15.5. The molecule has 2 aromatic carbocycles. The number of hydrogen-bond acceptors (Lipinski definition) is 5. The van der Waals surface area contributed by atoms with Crippen LogP contribution in [0.1, 0.15) is 39.2 Å². The molecule has 0 amide bonds. The van der Waals surface area contributed by atoms with Crippen molar-refractivity contribution in [2.45, 2.75) is 51.9 Å². The van der Waals surface area contributed by atoms with Crippen molar-refractivity contribution in [1.82, 2.24) is 14.7 Å². The second-order valence-electron chi connectivity index (χ2n) is 10.4. The molecule has 0 unspecified atom stereocenters. The summed E-state index contributed by atoms with van der Waals surface area (Å²) in [6.07, 6.45) is 1.80. The van der Waals surface area contributed by atoms with Gasteiger partial charge in [-0.3, -0.25) is 4.90 Å². The van der Waals surface area contributed by atoms with Crippen molar-refractivity contribution >= 4 is 0 Å². The molecule has 1 saturated carbocycles. The van der Waals surface area contributed by atoms with Crippen LogP contribution in [0.4, 0.5) is 4.39 Å². The Labute approximate surface area is 207 Å². The zero-order valence-electron chi connectivity index (χ0n) is 21.1. The first-order valence-corrected chi connectivity index (χ1v) is 12.3. The monoisotopic (exact) mass is 481 g/mol. The molecule has 0 bridgehead atoms. The highest BCUT2D eigenvalue weighted by Crippen LogP contribution is 2.36. The predicted octanol–water partition coefficient (Wildman–Crippen LogP) is 5.41. The summed E-state index contributed by atoms with van der Waals surface area (Å²) >= 11 is 0. The lowest BCUT2D eigenvalue weighted by Crippen LogP contribution is -2.37. The van der Waals surface area contributed by atoms with E-state index in [4.69, 9.17) is 14.6 Å². The van der Waals surface area contributed by atoms with Crippen LogP contribution in [-0.2, 0) is 18.3 Å². The van der Waals surface area contributed by atoms with Crippen LogP contribution >= 0.6 is 0 Å². The van der Waals surface area contributed by atoms with Gasteiger partial charge in [-0.15, -0.1) is 0 Å². The fourth-order valence-corrected chi connectivity index (χ4v) is 4.08. The smallest absolute Gasteiger partial charge is 0.222 e. The highest BCUT2D eigenvalue weighted by Gasteiger charge is 2.29. The van der Waals surface area contributed by atoms with Crippen molar-refractivity contribution in [2.75, 3.05) is 19.7 Å². The number of rotatable bonds is 11. The summed E-state index contributed by atoms with van der Waals surface area (Å²) in [5.74, 6) is 1.26. The molecule has 1 fully saturated rings. The Morgan fingerprint density at radius 1 is 1.14 bits per heavy atom. The molecule has 1 atom stereocenters. The molecular weight excluding hydrogens is 445 g/mol. The number of aliphatic hydroxyl groups is 1. The Morgan fingerprint density at radius 2 is 1.89 bits per heavy atom. The maximum atomic E-state index is 13.9. The molecule has 0 aliphatic heterocycles. The van der Waals surface area contributed by atoms with Crippen molar-refractivity contribution in [3.05, 3.63) is 66.0 Å². The van der Waals surface area contributed by atoms with E-state index >= 15 is 0 Å². The molecule has 1 N–H and O–H groups in total. The summed E-state index contributed by atoms with van der Waals surface area (Å²) in [6, 6.07) is 16.1. The van der Waals surface area contributed by atoms with Gasteiger partial charge >= 0.3 is 0 Å². The average Bonchev–Trinajstić information content (AvgIpc) is 3.57. The summed E-state index contributed by atoms with van der Waals surface area (Å²) in [6.45, 7) is 8.14. The first-order valence-electron chi connectivity index (χ1n) is 12.3. The van der Waals surface area contributed by atoms with E-state index in [2.05, 4.69) is 4.90 Å². The minimum atomic E-state index is -0.614. The number of halogens is 1. The van der Waals surface area contributed by atoms with Crippen LogP contribution in [0.5, 0.6) is 11.6 Å². The number of hydrogen-bond donors (Lipinski definition) is 1. The molecular formula is C28H36FN3O3. The number of aliphatic hydroxyl groups excluding tert-OH is 1. The van der Waals surface area contributed by atoms with E-state index in [9.17, 15) is 9.50 Å². The molecule has 7 heteroatoms. The SMILES string of the molecule is Cn1nc(-c2ccccc2)c(CN(CC2CC2)C[C@@H](O)COC(C)(C)C)c1Oc1cccc(F)c1. The zero-order valence-corrected chi connectivity index (χ0v) is 21.1. The lowest BCUT2D eigenvalue weighted by atomic mass is 10.1. The van der Waals surface area contributed by atoms with Crippen LogP contribution in [0.15, 0.2) is 54.6 Å². The Kier molecular flexibility index (Phi) is 7.89. The lowest BCUT2D eigenvalue weighted by molar-refractivity contribution is -0.0569. The topological polar surface area (TPSA) is 59.8 Å². The normalized spacial score (nSPS) is 14.9. The van der Waals surface area contributed by atoms with Gasteiger partial charge in [-0.1, -0.05) is 36.4 Å². The van der Waals surface area contributed by atoms with Gasteiger partial charge in [0, 0.05) is 38.3 Å². The van der Waals surface area contributed by atoms with Gasteiger partial charge in [-0.2, -0.15) is 5.10 Å². The molecule has 188 valence electrons. The lowest BCUT2D eigenvalue weighted by Gasteiger charge is -2.27. The highest BCUT2D eigenvalue weighted by molar-refractivity contribution is 5.65. The fraction of sp³-hybridized carbons (Fsp3) is 0.464. The molecule has 4 rings (SSSR count). The fourth-order valence-electron chi connectivity index (χ4n) is 4.08. The Bertz CT molecular complexity index is 1110. The maximum absolute atomic E-state index is 13.9. The molecule has 1 heterocycles. The van der Waals surface area contributed by atoms with E-state index in [1.165, 1.54) is 25.0 Å². The largest absolute Gasteiger partial charge is 0.439 e. The van der Waals surface area contributed by atoms with E-state index in [0.29, 0.717) is 30.6 Å². The summed E-state index contributed by atoms with van der Waals surface area (Å²) in [4.78, 5) is 2.26. The average molecular weight is 482 g/mol. The van der Waals surface area contributed by atoms with Crippen molar-refractivity contribution in [2.24, 2.45) is 13.0 Å². The van der Waals surface area contributed by atoms with E-state index in [0.717, 1.165) is 23.4 Å². The van der Waals surface area contributed by atoms with Crippen molar-refractivity contribution < 1.29 is 19.0 Å². The third kappa shape index (κ3) is 7.37. The highest BCUT2D eigenvalue weighted by atomic mass is 19.1. The molecule has 3 aromatic rings. The number of aromatic nitrogens is 2. The first kappa shape index (κ1) is 25.4.